The summed E-state index contributed by atoms with van der Waals surface area (Å²) in [5, 5.41) is 0.584. The third-order valence-corrected chi connectivity index (χ3v) is 4.11. The lowest BCUT2D eigenvalue weighted by atomic mass is 9.77. The second-order valence-corrected chi connectivity index (χ2v) is 7.06. The average molecular weight is 308 g/mol. The minimum absolute atomic E-state index is 0.0311. The Morgan fingerprint density at radius 1 is 1.13 bits per heavy atom. The first-order valence-corrected chi connectivity index (χ1v) is 7.78. The SMILES string of the molecule is Cc1ccc2occ(/C=C/C3=CC(=O)CC(C)(C)C3)c(=O)c2c1. The maximum atomic E-state index is 12.5. The molecule has 3 heteroatoms. The lowest BCUT2D eigenvalue weighted by Crippen LogP contribution is -2.21. The molecule has 0 saturated heterocycles. The van der Waals surface area contributed by atoms with E-state index in [1.165, 1.54) is 6.26 Å². The summed E-state index contributed by atoms with van der Waals surface area (Å²) < 4.78 is 5.54. The predicted molar refractivity (Wildman–Crippen MR) is 92.4 cm³/mol. The third-order valence-electron chi connectivity index (χ3n) is 4.11. The molecule has 0 aliphatic heterocycles. The van der Waals surface area contributed by atoms with Gasteiger partial charge in [-0.15, -0.1) is 0 Å². The number of rotatable bonds is 2. The summed E-state index contributed by atoms with van der Waals surface area (Å²) in [7, 11) is 0. The fourth-order valence-corrected chi connectivity index (χ4v) is 3.07. The van der Waals surface area contributed by atoms with E-state index < -0.39 is 0 Å². The molecule has 0 atom stereocenters. The lowest BCUT2D eigenvalue weighted by Gasteiger charge is -2.27. The van der Waals surface area contributed by atoms with Gasteiger partial charge in [-0.2, -0.15) is 0 Å². The van der Waals surface area contributed by atoms with Crippen LogP contribution in [0, 0.1) is 12.3 Å². The van der Waals surface area contributed by atoms with Crippen LogP contribution in [0.15, 0.2) is 51.4 Å². The second kappa shape index (κ2) is 5.65. The first-order valence-electron chi connectivity index (χ1n) is 7.78. The van der Waals surface area contributed by atoms with Crippen molar-refractivity contribution in [2.45, 2.75) is 33.6 Å². The zero-order chi connectivity index (χ0) is 16.6. The summed E-state index contributed by atoms with van der Waals surface area (Å²) in [6, 6.07) is 5.57. The van der Waals surface area contributed by atoms with Crippen LogP contribution in [0.4, 0.5) is 0 Å². The van der Waals surface area contributed by atoms with Crippen molar-refractivity contribution in [1.29, 1.82) is 0 Å². The van der Waals surface area contributed by atoms with Crippen LogP contribution < -0.4 is 5.43 Å². The number of carbonyl (C=O) groups excluding carboxylic acids is 1. The van der Waals surface area contributed by atoms with Crippen LogP contribution in [0.5, 0.6) is 0 Å². The van der Waals surface area contributed by atoms with Crippen molar-refractivity contribution in [2.75, 3.05) is 0 Å². The van der Waals surface area contributed by atoms with Gasteiger partial charge in [0, 0.05) is 6.42 Å². The molecule has 3 rings (SSSR count). The molecule has 1 aliphatic rings. The molecule has 118 valence electrons. The van der Waals surface area contributed by atoms with Crippen molar-refractivity contribution in [1.82, 2.24) is 0 Å². The van der Waals surface area contributed by atoms with E-state index in [4.69, 9.17) is 4.42 Å². The van der Waals surface area contributed by atoms with Crippen molar-refractivity contribution in [3.05, 3.63) is 63.5 Å². The molecular formula is C20H20O3. The minimum atomic E-state index is -0.0480. The molecule has 0 unspecified atom stereocenters. The minimum Gasteiger partial charge on any atom is -0.463 e. The van der Waals surface area contributed by atoms with Gasteiger partial charge in [0.15, 0.2) is 11.2 Å². The molecule has 0 fully saturated rings. The fraction of sp³-hybridized carbons (Fsp3) is 0.300. The van der Waals surface area contributed by atoms with Crippen LogP contribution in [-0.2, 0) is 4.79 Å². The van der Waals surface area contributed by atoms with Crippen LogP contribution in [0.1, 0.15) is 37.8 Å². The van der Waals surface area contributed by atoms with E-state index in [1.807, 2.05) is 31.2 Å². The highest BCUT2D eigenvalue weighted by molar-refractivity contribution is 5.92. The lowest BCUT2D eigenvalue weighted by molar-refractivity contribution is -0.116. The van der Waals surface area contributed by atoms with Crippen molar-refractivity contribution in [2.24, 2.45) is 5.41 Å². The van der Waals surface area contributed by atoms with Gasteiger partial charge in [-0.25, -0.2) is 0 Å². The second-order valence-electron chi connectivity index (χ2n) is 7.06. The Hall–Kier alpha value is -2.42. The summed E-state index contributed by atoms with van der Waals surface area (Å²) in [5.74, 6) is 0.141. The average Bonchev–Trinajstić information content (AvgIpc) is 2.45. The van der Waals surface area contributed by atoms with Gasteiger partial charge in [0.05, 0.1) is 10.9 Å². The number of hydrogen-bond acceptors (Lipinski definition) is 3. The summed E-state index contributed by atoms with van der Waals surface area (Å²) >= 11 is 0. The Morgan fingerprint density at radius 2 is 1.91 bits per heavy atom. The molecule has 3 nitrogen and oxygen atoms in total. The standard InChI is InChI=1S/C20H20O3/c1-13-4-7-18-17(8-13)19(22)15(12-23-18)6-5-14-9-16(21)11-20(2,3)10-14/h4-9,12H,10-11H2,1-3H3/b6-5+. The Bertz CT molecular complexity index is 895. The molecular weight excluding hydrogens is 288 g/mol. The maximum Gasteiger partial charge on any atom is 0.199 e. The number of carbonyl (C=O) groups is 1. The predicted octanol–water partition coefficient (Wildman–Crippen LogP) is 4.43. The number of fused-ring (bicyclic) bond motifs is 1. The topological polar surface area (TPSA) is 47.3 Å². The Morgan fingerprint density at radius 3 is 2.65 bits per heavy atom. The van der Waals surface area contributed by atoms with Gasteiger partial charge in [0.25, 0.3) is 0 Å². The quantitative estimate of drug-likeness (QED) is 0.824. The fourth-order valence-electron chi connectivity index (χ4n) is 3.07. The van der Waals surface area contributed by atoms with E-state index in [2.05, 4.69) is 13.8 Å². The Labute approximate surface area is 135 Å². The van der Waals surface area contributed by atoms with Crippen molar-refractivity contribution < 1.29 is 9.21 Å². The third kappa shape index (κ3) is 3.34. The molecule has 1 heterocycles. The molecule has 0 amide bonds. The molecule has 0 radical (unpaired) electrons. The normalized spacial score (nSPS) is 17.7. The summed E-state index contributed by atoms with van der Waals surface area (Å²) in [4.78, 5) is 24.3. The molecule has 0 saturated carbocycles. The molecule has 0 bridgehead atoms. The van der Waals surface area contributed by atoms with Crippen LogP contribution in [0.25, 0.3) is 17.0 Å². The number of hydrogen-bond donors (Lipinski definition) is 0. The molecule has 2 aromatic rings. The van der Waals surface area contributed by atoms with Crippen molar-refractivity contribution in [3.63, 3.8) is 0 Å². The number of allylic oxidation sites excluding steroid dienone is 3. The van der Waals surface area contributed by atoms with Gasteiger partial charge in [0.1, 0.15) is 11.8 Å². The molecule has 23 heavy (non-hydrogen) atoms. The smallest absolute Gasteiger partial charge is 0.199 e. The summed E-state index contributed by atoms with van der Waals surface area (Å²) in [6.45, 7) is 6.11. The van der Waals surface area contributed by atoms with Gasteiger partial charge in [0.2, 0.25) is 0 Å². The molecule has 0 N–H and O–H groups in total. The highest BCUT2D eigenvalue weighted by Gasteiger charge is 2.26. The number of ketones is 1. The largest absolute Gasteiger partial charge is 0.463 e. The summed E-state index contributed by atoms with van der Waals surface area (Å²) in [5.41, 5.74) is 2.98. The van der Waals surface area contributed by atoms with Gasteiger partial charge in [-0.3, -0.25) is 9.59 Å². The van der Waals surface area contributed by atoms with Gasteiger partial charge >= 0.3 is 0 Å². The molecule has 1 aromatic heterocycles. The molecule has 1 aliphatic carbocycles. The van der Waals surface area contributed by atoms with E-state index in [9.17, 15) is 9.59 Å². The van der Waals surface area contributed by atoms with Crippen molar-refractivity contribution in [3.8, 4) is 0 Å². The Kier molecular flexibility index (Phi) is 3.80. The summed E-state index contributed by atoms with van der Waals surface area (Å²) in [6.07, 6.45) is 8.15. The van der Waals surface area contributed by atoms with Gasteiger partial charge in [-0.05, 0) is 48.6 Å². The number of benzene rings is 1. The van der Waals surface area contributed by atoms with E-state index in [0.717, 1.165) is 17.6 Å². The van der Waals surface area contributed by atoms with E-state index in [0.29, 0.717) is 23.0 Å². The zero-order valence-electron chi connectivity index (χ0n) is 13.7. The maximum absolute atomic E-state index is 12.5. The highest BCUT2D eigenvalue weighted by Crippen LogP contribution is 2.34. The van der Waals surface area contributed by atoms with Crippen LogP contribution in [0.3, 0.4) is 0 Å². The number of aryl methyl sites for hydroxylation is 1. The van der Waals surface area contributed by atoms with E-state index in [-0.39, 0.29) is 16.6 Å². The molecule has 1 aromatic carbocycles. The van der Waals surface area contributed by atoms with Crippen molar-refractivity contribution >= 4 is 22.8 Å². The monoisotopic (exact) mass is 308 g/mol. The Balaban J connectivity index is 1.97. The first kappa shape index (κ1) is 15.5. The van der Waals surface area contributed by atoms with E-state index >= 15 is 0 Å². The first-order chi connectivity index (χ1) is 10.8. The van der Waals surface area contributed by atoms with Crippen LogP contribution >= 0.6 is 0 Å². The highest BCUT2D eigenvalue weighted by atomic mass is 16.3. The van der Waals surface area contributed by atoms with Gasteiger partial charge < -0.3 is 4.42 Å². The molecule has 0 spiro atoms. The van der Waals surface area contributed by atoms with Crippen LogP contribution in [0.2, 0.25) is 0 Å². The zero-order valence-corrected chi connectivity index (χ0v) is 13.7. The van der Waals surface area contributed by atoms with Gasteiger partial charge in [-0.1, -0.05) is 31.6 Å². The van der Waals surface area contributed by atoms with E-state index in [1.54, 1.807) is 12.2 Å². The van der Waals surface area contributed by atoms with Crippen LogP contribution in [-0.4, -0.2) is 5.78 Å².